The molecular weight excluding hydrogens is 339 g/mol. The van der Waals surface area contributed by atoms with E-state index >= 15 is 0 Å². The highest BCUT2D eigenvalue weighted by molar-refractivity contribution is 5.48. The quantitative estimate of drug-likeness (QED) is 0.753. The average molecular weight is 371 g/mol. The SMILES string of the molecule is Cc1ccc(N2CCCCC2)cc1F.Cc1ncc(N2CCCCC2)cn1. The molecule has 3 heterocycles. The second kappa shape index (κ2) is 9.67. The third kappa shape index (κ3) is 5.65. The summed E-state index contributed by atoms with van der Waals surface area (Å²) in [5, 5.41) is 0. The van der Waals surface area contributed by atoms with E-state index < -0.39 is 0 Å². The highest BCUT2D eigenvalue weighted by Gasteiger charge is 2.12. The summed E-state index contributed by atoms with van der Waals surface area (Å²) in [4.78, 5) is 13.0. The minimum absolute atomic E-state index is 0.0897. The Morgan fingerprint density at radius 2 is 1.26 bits per heavy atom. The van der Waals surface area contributed by atoms with Gasteiger partial charge in [0.25, 0.3) is 0 Å². The molecule has 1 aromatic carbocycles. The zero-order chi connectivity index (χ0) is 19.1. The number of aromatic nitrogens is 2. The van der Waals surface area contributed by atoms with E-state index in [2.05, 4.69) is 19.8 Å². The second-order valence-corrected chi connectivity index (χ2v) is 7.52. The number of nitrogens with zero attached hydrogens (tertiary/aromatic N) is 4. The van der Waals surface area contributed by atoms with E-state index in [0.717, 1.165) is 43.3 Å². The Kier molecular flexibility index (Phi) is 7.02. The maximum absolute atomic E-state index is 13.3. The van der Waals surface area contributed by atoms with Crippen LogP contribution in [0.5, 0.6) is 0 Å². The lowest BCUT2D eigenvalue weighted by molar-refractivity contribution is 0.573. The number of anilines is 2. The van der Waals surface area contributed by atoms with Gasteiger partial charge in [-0.1, -0.05) is 6.07 Å². The van der Waals surface area contributed by atoms with E-state index in [-0.39, 0.29) is 5.82 Å². The number of hydrogen-bond donors (Lipinski definition) is 0. The lowest BCUT2D eigenvalue weighted by Crippen LogP contribution is -2.29. The second-order valence-electron chi connectivity index (χ2n) is 7.52. The molecule has 0 N–H and O–H groups in total. The van der Waals surface area contributed by atoms with Gasteiger partial charge in [-0.3, -0.25) is 0 Å². The molecule has 1 aromatic heterocycles. The minimum atomic E-state index is -0.0897. The molecule has 0 radical (unpaired) electrons. The van der Waals surface area contributed by atoms with Crippen molar-refractivity contribution in [1.29, 1.82) is 0 Å². The summed E-state index contributed by atoms with van der Waals surface area (Å²) in [6, 6.07) is 5.53. The van der Waals surface area contributed by atoms with Crippen LogP contribution in [0, 0.1) is 19.7 Å². The molecule has 0 saturated carbocycles. The monoisotopic (exact) mass is 370 g/mol. The predicted octanol–water partition coefficient (Wildman–Crippen LogP) is 4.90. The summed E-state index contributed by atoms with van der Waals surface area (Å²) >= 11 is 0. The van der Waals surface area contributed by atoms with Crippen LogP contribution >= 0.6 is 0 Å². The number of hydrogen-bond acceptors (Lipinski definition) is 4. The Balaban J connectivity index is 0.000000156. The van der Waals surface area contributed by atoms with E-state index in [9.17, 15) is 4.39 Å². The van der Waals surface area contributed by atoms with E-state index in [4.69, 9.17) is 0 Å². The highest BCUT2D eigenvalue weighted by Crippen LogP contribution is 2.22. The summed E-state index contributed by atoms with van der Waals surface area (Å²) in [7, 11) is 0. The molecular formula is C22H31FN4. The van der Waals surface area contributed by atoms with Gasteiger partial charge in [-0.15, -0.1) is 0 Å². The average Bonchev–Trinajstić information content (AvgIpc) is 2.72. The Labute approximate surface area is 162 Å². The van der Waals surface area contributed by atoms with Crippen LogP contribution in [0.2, 0.25) is 0 Å². The van der Waals surface area contributed by atoms with Gasteiger partial charge in [-0.05, 0) is 70.1 Å². The van der Waals surface area contributed by atoms with Crippen molar-refractivity contribution in [1.82, 2.24) is 9.97 Å². The first-order chi connectivity index (χ1) is 13.1. The Hall–Kier alpha value is -2.17. The highest BCUT2D eigenvalue weighted by atomic mass is 19.1. The Bertz CT molecular complexity index is 705. The van der Waals surface area contributed by atoms with Crippen molar-refractivity contribution >= 4 is 11.4 Å². The minimum Gasteiger partial charge on any atom is -0.371 e. The molecule has 2 aromatic rings. The van der Waals surface area contributed by atoms with Gasteiger partial charge in [0.15, 0.2) is 0 Å². The van der Waals surface area contributed by atoms with Gasteiger partial charge in [0, 0.05) is 31.9 Å². The number of benzene rings is 1. The van der Waals surface area contributed by atoms with Crippen molar-refractivity contribution in [2.45, 2.75) is 52.4 Å². The van der Waals surface area contributed by atoms with Gasteiger partial charge >= 0.3 is 0 Å². The van der Waals surface area contributed by atoms with E-state index in [0.29, 0.717) is 0 Å². The van der Waals surface area contributed by atoms with Gasteiger partial charge in [-0.2, -0.15) is 0 Å². The van der Waals surface area contributed by atoms with Gasteiger partial charge in [0.05, 0.1) is 18.1 Å². The molecule has 0 spiro atoms. The summed E-state index contributed by atoms with van der Waals surface area (Å²) < 4.78 is 13.3. The summed E-state index contributed by atoms with van der Waals surface area (Å²) in [6.45, 7) is 8.18. The molecule has 0 unspecified atom stereocenters. The van der Waals surface area contributed by atoms with Gasteiger partial charge < -0.3 is 9.80 Å². The molecule has 146 valence electrons. The van der Waals surface area contributed by atoms with Crippen molar-refractivity contribution in [3.8, 4) is 0 Å². The molecule has 2 aliphatic rings. The first-order valence-electron chi connectivity index (χ1n) is 10.2. The molecule has 2 aliphatic heterocycles. The first kappa shape index (κ1) is 19.6. The van der Waals surface area contributed by atoms with Gasteiger partial charge in [0.1, 0.15) is 11.6 Å². The van der Waals surface area contributed by atoms with Crippen LogP contribution < -0.4 is 9.80 Å². The lowest BCUT2D eigenvalue weighted by atomic mass is 10.1. The number of piperidine rings is 2. The van der Waals surface area contributed by atoms with Crippen molar-refractivity contribution < 1.29 is 4.39 Å². The van der Waals surface area contributed by atoms with Crippen molar-refractivity contribution in [2.24, 2.45) is 0 Å². The normalized spacial score (nSPS) is 17.3. The molecule has 27 heavy (non-hydrogen) atoms. The molecule has 4 nitrogen and oxygen atoms in total. The zero-order valence-corrected chi connectivity index (χ0v) is 16.6. The maximum Gasteiger partial charge on any atom is 0.128 e. The molecule has 0 bridgehead atoms. The van der Waals surface area contributed by atoms with Gasteiger partial charge in [-0.25, -0.2) is 14.4 Å². The number of rotatable bonds is 2. The summed E-state index contributed by atoms with van der Waals surface area (Å²) in [6.07, 6.45) is 11.6. The zero-order valence-electron chi connectivity index (χ0n) is 16.6. The van der Waals surface area contributed by atoms with E-state index in [1.165, 1.54) is 44.2 Å². The summed E-state index contributed by atoms with van der Waals surface area (Å²) in [5.41, 5.74) is 2.93. The smallest absolute Gasteiger partial charge is 0.128 e. The van der Waals surface area contributed by atoms with Crippen LogP contribution in [0.1, 0.15) is 49.9 Å². The summed E-state index contributed by atoms with van der Waals surface area (Å²) in [5.74, 6) is 0.758. The molecule has 2 saturated heterocycles. The fourth-order valence-corrected chi connectivity index (χ4v) is 3.63. The fourth-order valence-electron chi connectivity index (χ4n) is 3.63. The van der Waals surface area contributed by atoms with Gasteiger partial charge in [0.2, 0.25) is 0 Å². The third-order valence-electron chi connectivity index (χ3n) is 5.37. The lowest BCUT2D eigenvalue weighted by Gasteiger charge is -2.28. The third-order valence-corrected chi connectivity index (χ3v) is 5.37. The fraction of sp³-hybridized carbons (Fsp3) is 0.545. The van der Waals surface area contributed by atoms with Crippen LogP contribution in [0.3, 0.4) is 0 Å². The van der Waals surface area contributed by atoms with Crippen LogP contribution in [0.25, 0.3) is 0 Å². The van der Waals surface area contributed by atoms with Crippen LogP contribution in [0.4, 0.5) is 15.8 Å². The largest absolute Gasteiger partial charge is 0.371 e. The maximum atomic E-state index is 13.3. The van der Waals surface area contributed by atoms with E-state index in [1.54, 1.807) is 13.0 Å². The number of aryl methyl sites for hydroxylation is 2. The number of halogens is 1. The predicted molar refractivity (Wildman–Crippen MR) is 110 cm³/mol. The van der Waals surface area contributed by atoms with Crippen LogP contribution in [-0.2, 0) is 0 Å². The van der Waals surface area contributed by atoms with Crippen LogP contribution in [-0.4, -0.2) is 36.1 Å². The standard InChI is InChI=1S/C12H16FN.C10H15N3/c1-10-5-6-11(9-12(10)13)14-7-3-2-4-8-14;1-9-11-7-10(8-12-9)13-5-3-2-4-6-13/h5-6,9H,2-4,7-8H2,1H3;7-8H,2-6H2,1H3. The first-order valence-corrected chi connectivity index (χ1v) is 10.2. The molecule has 2 fully saturated rings. The van der Waals surface area contributed by atoms with Crippen LogP contribution in [0.15, 0.2) is 30.6 Å². The van der Waals surface area contributed by atoms with Crippen molar-refractivity contribution in [3.63, 3.8) is 0 Å². The van der Waals surface area contributed by atoms with E-state index in [1.807, 2.05) is 31.5 Å². The molecule has 0 atom stereocenters. The molecule has 4 rings (SSSR count). The van der Waals surface area contributed by atoms with Crippen molar-refractivity contribution in [3.05, 3.63) is 47.8 Å². The molecule has 5 heteroatoms. The molecule has 0 aliphatic carbocycles. The molecule has 0 amide bonds. The Morgan fingerprint density at radius 3 is 1.78 bits per heavy atom. The topological polar surface area (TPSA) is 32.3 Å². The van der Waals surface area contributed by atoms with Crippen molar-refractivity contribution in [2.75, 3.05) is 36.0 Å². The Morgan fingerprint density at radius 1 is 0.741 bits per heavy atom.